The zero-order valence-corrected chi connectivity index (χ0v) is 14.6. The summed E-state index contributed by atoms with van der Waals surface area (Å²) in [4.78, 5) is 0. The van der Waals surface area contributed by atoms with Crippen molar-refractivity contribution in [3.05, 3.63) is 0 Å². The van der Waals surface area contributed by atoms with Crippen LogP contribution in [-0.2, 0) is 4.29 Å². The molecule has 0 aliphatic carbocycles. The summed E-state index contributed by atoms with van der Waals surface area (Å²) >= 11 is 5.17. The Labute approximate surface area is 156 Å². The summed E-state index contributed by atoms with van der Waals surface area (Å²) in [7, 11) is 0. The molecule has 0 amide bonds. The van der Waals surface area contributed by atoms with Gasteiger partial charge in [-0.05, 0) is 6.42 Å². The van der Waals surface area contributed by atoms with E-state index >= 15 is 0 Å². The van der Waals surface area contributed by atoms with Crippen LogP contribution < -0.4 is 0 Å². The molecule has 0 saturated heterocycles. The fourth-order valence-corrected chi connectivity index (χ4v) is 2.81. The first-order valence-corrected chi connectivity index (χ1v) is 9.46. The molecule has 0 aromatic carbocycles. The molecule has 0 saturated carbocycles. The van der Waals surface area contributed by atoms with Crippen molar-refractivity contribution in [1.82, 2.24) is 0 Å². The summed E-state index contributed by atoms with van der Waals surface area (Å²) in [6.07, 6.45) is 22.4. The summed E-state index contributed by atoms with van der Waals surface area (Å²) < 4.78 is 4.53. The third-order valence-electron chi connectivity index (χ3n) is 4.08. The summed E-state index contributed by atoms with van der Waals surface area (Å²) in [5.74, 6) is 0. The Balaban J connectivity index is 0. The minimum atomic E-state index is 0. The number of unbranched alkanes of at least 4 members (excludes halogenated alkanes) is 15. The Kier molecular flexibility index (Phi) is 27.0. The van der Waals surface area contributed by atoms with Gasteiger partial charge in [0.05, 0.1) is 18.5 Å². The van der Waals surface area contributed by atoms with Crippen molar-refractivity contribution in [2.75, 3.05) is 6.61 Å². The van der Waals surface area contributed by atoms with Crippen LogP contribution >= 0.6 is 11.9 Å². The maximum absolute atomic E-state index is 5.17. The van der Waals surface area contributed by atoms with Gasteiger partial charge in [0.15, 0.2) is 0 Å². The topological polar surface area (TPSA) is 9.23 Å². The Morgan fingerprint density at radius 1 is 0.524 bits per heavy atom. The Bertz CT molecular complexity index is 149. The molecule has 0 radical (unpaired) electrons. The Morgan fingerprint density at radius 3 is 1.10 bits per heavy atom. The zero-order valence-electron chi connectivity index (χ0n) is 13.8. The van der Waals surface area contributed by atoms with E-state index in [-0.39, 0.29) is 23.9 Å². The van der Waals surface area contributed by atoms with Gasteiger partial charge in [-0.3, -0.25) is 4.29 Å². The summed E-state index contributed by atoms with van der Waals surface area (Å²) in [5, 5.41) is 0. The van der Waals surface area contributed by atoms with Crippen LogP contribution in [0.25, 0.3) is 0 Å². The molecule has 0 spiro atoms. The molecule has 1 nitrogen and oxygen atoms in total. The van der Waals surface area contributed by atoms with E-state index in [0.29, 0.717) is 6.61 Å². The van der Waals surface area contributed by atoms with E-state index in [0.717, 1.165) is 6.42 Å². The van der Waals surface area contributed by atoms with Gasteiger partial charge in [0.25, 0.3) is 0 Å². The first kappa shape index (κ1) is 24.3. The molecule has 21 heavy (non-hydrogen) atoms. The molecule has 0 unspecified atom stereocenters. The quantitative estimate of drug-likeness (QED) is 0.205. The second kappa shape index (κ2) is 23.3. The molecule has 0 fully saturated rings. The van der Waals surface area contributed by atoms with Gasteiger partial charge in [-0.1, -0.05) is 103 Å². The molecule has 0 N–H and O–H groups in total. The second-order valence-electron chi connectivity index (χ2n) is 6.12. The van der Waals surface area contributed by atoms with Crippen LogP contribution in [0.15, 0.2) is 0 Å². The van der Waals surface area contributed by atoms with Crippen LogP contribution in [0.4, 0.5) is 0 Å². The number of rotatable bonds is 17. The standard InChI is InChI=1S/C18H37ClO.Sn.4H/c1-2-3-4-5-6-7-8-9-10-11-12-13-14-15-16-17-18-20-19;;;;;/h2-18H2,1H3;;;;;. The summed E-state index contributed by atoms with van der Waals surface area (Å²) in [6, 6.07) is 0. The van der Waals surface area contributed by atoms with E-state index in [4.69, 9.17) is 11.9 Å². The van der Waals surface area contributed by atoms with Gasteiger partial charge in [0.1, 0.15) is 0 Å². The molecule has 130 valence electrons. The van der Waals surface area contributed by atoms with Gasteiger partial charge in [-0.15, -0.1) is 0 Å². The number of hydrogen-bond donors (Lipinski definition) is 0. The average Bonchev–Trinajstić information content (AvgIpc) is 2.47. The summed E-state index contributed by atoms with van der Waals surface area (Å²) in [5.41, 5.74) is 0. The normalized spacial score (nSPS) is 10.6. The fourth-order valence-electron chi connectivity index (χ4n) is 2.70. The monoisotopic (exact) mass is 428 g/mol. The van der Waals surface area contributed by atoms with Crippen LogP contribution in [0.2, 0.25) is 0 Å². The summed E-state index contributed by atoms with van der Waals surface area (Å²) in [6.45, 7) is 2.99. The third-order valence-corrected chi connectivity index (χ3v) is 4.23. The molecule has 0 aliphatic rings. The van der Waals surface area contributed by atoms with Crippen molar-refractivity contribution < 1.29 is 4.29 Å². The van der Waals surface area contributed by atoms with E-state index in [2.05, 4.69) is 11.2 Å². The second-order valence-corrected chi connectivity index (χ2v) is 6.33. The number of halogens is 1. The SMILES string of the molecule is CCCCCCCCCCCCCCCCCCOCl.[SnH4]. The molecule has 0 rings (SSSR count). The first-order valence-electron chi connectivity index (χ1n) is 9.15. The van der Waals surface area contributed by atoms with Crippen molar-refractivity contribution >= 4 is 35.8 Å². The number of hydrogen-bond acceptors (Lipinski definition) is 1. The van der Waals surface area contributed by atoms with E-state index in [1.165, 1.54) is 96.3 Å². The van der Waals surface area contributed by atoms with E-state index in [1.54, 1.807) is 0 Å². The molecule has 0 heterocycles. The fraction of sp³-hybridized carbons (Fsp3) is 1.00. The first-order chi connectivity index (χ1) is 9.91. The molecule has 0 aliphatic heterocycles. The third kappa shape index (κ3) is 23.4. The van der Waals surface area contributed by atoms with Crippen LogP contribution in [-0.4, -0.2) is 30.5 Å². The van der Waals surface area contributed by atoms with Gasteiger partial charge in [-0.2, -0.15) is 0 Å². The van der Waals surface area contributed by atoms with Gasteiger partial charge in [-0.25, -0.2) is 0 Å². The molecule has 0 aromatic heterocycles. The molecule has 3 heteroatoms. The Morgan fingerprint density at radius 2 is 0.810 bits per heavy atom. The van der Waals surface area contributed by atoms with E-state index in [9.17, 15) is 0 Å². The van der Waals surface area contributed by atoms with Crippen LogP contribution in [0.3, 0.4) is 0 Å². The van der Waals surface area contributed by atoms with Crippen molar-refractivity contribution in [2.24, 2.45) is 0 Å². The minimum absolute atomic E-state index is 0. The zero-order chi connectivity index (χ0) is 14.7. The van der Waals surface area contributed by atoms with E-state index in [1.807, 2.05) is 0 Å². The van der Waals surface area contributed by atoms with Gasteiger partial charge >= 0.3 is 23.9 Å². The van der Waals surface area contributed by atoms with Crippen LogP contribution in [0.1, 0.15) is 110 Å². The van der Waals surface area contributed by atoms with Crippen molar-refractivity contribution in [1.29, 1.82) is 0 Å². The van der Waals surface area contributed by atoms with Crippen molar-refractivity contribution in [2.45, 2.75) is 110 Å². The van der Waals surface area contributed by atoms with Crippen LogP contribution in [0, 0.1) is 0 Å². The maximum atomic E-state index is 5.17. The molecule has 0 aromatic rings. The molecule has 0 atom stereocenters. The van der Waals surface area contributed by atoms with Gasteiger partial charge in [0.2, 0.25) is 0 Å². The van der Waals surface area contributed by atoms with Gasteiger partial charge in [0, 0.05) is 0 Å². The van der Waals surface area contributed by atoms with Crippen molar-refractivity contribution in [3.8, 4) is 0 Å². The Hall–Kier alpha value is 1.05. The van der Waals surface area contributed by atoms with Crippen LogP contribution in [0.5, 0.6) is 0 Å². The van der Waals surface area contributed by atoms with Gasteiger partial charge < -0.3 is 0 Å². The molecular weight excluding hydrogens is 386 g/mol. The molecular formula is C18H41ClOSn. The van der Waals surface area contributed by atoms with Crippen molar-refractivity contribution in [3.63, 3.8) is 0 Å². The average molecular weight is 428 g/mol. The predicted molar refractivity (Wildman–Crippen MR) is 103 cm³/mol. The predicted octanol–water partition coefficient (Wildman–Crippen LogP) is 5.97. The molecule has 0 bridgehead atoms. The van der Waals surface area contributed by atoms with E-state index < -0.39 is 0 Å².